The lowest BCUT2D eigenvalue weighted by atomic mass is 10.1. The Morgan fingerprint density at radius 2 is 2.00 bits per heavy atom. The summed E-state index contributed by atoms with van der Waals surface area (Å²) in [6.07, 6.45) is 2.22. The molecule has 1 rings (SSSR count). The first-order chi connectivity index (χ1) is 8.13. The van der Waals surface area contributed by atoms with E-state index in [1.165, 1.54) is 6.42 Å². The molecule has 0 unspecified atom stereocenters. The predicted octanol–water partition coefficient (Wildman–Crippen LogP) is 2.60. The van der Waals surface area contributed by atoms with Crippen LogP contribution in [0.3, 0.4) is 0 Å². The first-order valence-corrected chi connectivity index (χ1v) is 5.84. The van der Waals surface area contributed by atoms with Crippen molar-refractivity contribution in [3.05, 3.63) is 29.8 Å². The van der Waals surface area contributed by atoms with E-state index in [9.17, 15) is 0 Å². The molecule has 0 heterocycles. The van der Waals surface area contributed by atoms with Crippen molar-refractivity contribution in [1.82, 2.24) is 0 Å². The van der Waals surface area contributed by atoms with Gasteiger partial charge in [-0.05, 0) is 43.0 Å². The van der Waals surface area contributed by atoms with Gasteiger partial charge < -0.3 is 15.7 Å². The molecular weight excluding hydrogens is 216 g/mol. The molecule has 1 aromatic carbocycles. The molecule has 0 atom stereocenters. The van der Waals surface area contributed by atoms with E-state index in [0.717, 1.165) is 18.8 Å². The molecule has 0 amide bonds. The van der Waals surface area contributed by atoms with Crippen molar-refractivity contribution in [2.24, 2.45) is 16.8 Å². The van der Waals surface area contributed by atoms with E-state index in [0.29, 0.717) is 11.5 Å². The maximum atomic E-state index is 8.51. The molecule has 94 valence electrons. The van der Waals surface area contributed by atoms with Crippen molar-refractivity contribution in [3.8, 4) is 5.75 Å². The Labute approximate surface area is 102 Å². The van der Waals surface area contributed by atoms with Gasteiger partial charge in [0.05, 0.1) is 6.61 Å². The standard InChI is InChI=1S/C13H20N2O2/c1-10(2)4-3-9-17-12-7-5-11(6-8-12)13(14)15-16/h5-8,10,16H,3-4,9H2,1-2H3,(H2,14,15). The van der Waals surface area contributed by atoms with Crippen molar-refractivity contribution in [2.45, 2.75) is 26.7 Å². The number of oxime groups is 1. The number of hydrogen-bond donors (Lipinski definition) is 2. The third kappa shape index (κ3) is 4.76. The Morgan fingerprint density at radius 3 is 2.53 bits per heavy atom. The minimum atomic E-state index is 0.108. The van der Waals surface area contributed by atoms with Gasteiger partial charge in [-0.3, -0.25) is 0 Å². The zero-order valence-electron chi connectivity index (χ0n) is 10.4. The van der Waals surface area contributed by atoms with Crippen LogP contribution in [0.5, 0.6) is 5.75 Å². The molecule has 0 radical (unpaired) electrons. The van der Waals surface area contributed by atoms with E-state index < -0.39 is 0 Å². The molecular formula is C13H20N2O2. The molecule has 4 nitrogen and oxygen atoms in total. The lowest BCUT2D eigenvalue weighted by molar-refractivity contribution is 0.297. The second kappa shape index (κ2) is 6.78. The van der Waals surface area contributed by atoms with Crippen LogP contribution in [0.1, 0.15) is 32.3 Å². The van der Waals surface area contributed by atoms with Crippen molar-refractivity contribution < 1.29 is 9.94 Å². The van der Waals surface area contributed by atoms with Gasteiger partial charge >= 0.3 is 0 Å². The maximum Gasteiger partial charge on any atom is 0.170 e. The van der Waals surface area contributed by atoms with Crippen LogP contribution in [-0.4, -0.2) is 17.6 Å². The van der Waals surface area contributed by atoms with Crippen molar-refractivity contribution in [2.75, 3.05) is 6.61 Å². The quantitative estimate of drug-likeness (QED) is 0.262. The fourth-order valence-electron chi connectivity index (χ4n) is 1.46. The van der Waals surface area contributed by atoms with Gasteiger partial charge in [0.25, 0.3) is 0 Å². The zero-order chi connectivity index (χ0) is 12.7. The Hall–Kier alpha value is -1.71. The van der Waals surface area contributed by atoms with Gasteiger partial charge in [-0.15, -0.1) is 0 Å². The number of amidine groups is 1. The molecule has 0 aliphatic heterocycles. The lowest BCUT2D eigenvalue weighted by Crippen LogP contribution is -2.12. The Morgan fingerprint density at radius 1 is 1.35 bits per heavy atom. The summed E-state index contributed by atoms with van der Waals surface area (Å²) in [5.41, 5.74) is 6.14. The molecule has 0 aliphatic rings. The van der Waals surface area contributed by atoms with Gasteiger partial charge in [0.15, 0.2) is 5.84 Å². The van der Waals surface area contributed by atoms with E-state index in [1.807, 2.05) is 12.1 Å². The number of nitrogens with two attached hydrogens (primary N) is 1. The molecule has 0 saturated heterocycles. The van der Waals surface area contributed by atoms with Crippen LogP contribution in [0, 0.1) is 5.92 Å². The highest BCUT2D eigenvalue weighted by Crippen LogP contribution is 2.13. The molecule has 0 bridgehead atoms. The van der Waals surface area contributed by atoms with Crippen LogP contribution in [0.25, 0.3) is 0 Å². The van der Waals surface area contributed by atoms with E-state index in [2.05, 4.69) is 19.0 Å². The Kier molecular flexibility index (Phi) is 5.33. The second-order valence-electron chi connectivity index (χ2n) is 4.39. The highest BCUT2D eigenvalue weighted by molar-refractivity contribution is 5.97. The summed E-state index contributed by atoms with van der Waals surface area (Å²) in [5, 5.41) is 11.5. The number of ether oxygens (including phenoxy) is 1. The van der Waals surface area contributed by atoms with E-state index in [-0.39, 0.29) is 5.84 Å². The van der Waals surface area contributed by atoms with Gasteiger partial charge in [0.2, 0.25) is 0 Å². The average molecular weight is 236 g/mol. The summed E-state index contributed by atoms with van der Waals surface area (Å²) >= 11 is 0. The van der Waals surface area contributed by atoms with Crippen LogP contribution < -0.4 is 10.5 Å². The fraction of sp³-hybridized carbons (Fsp3) is 0.462. The minimum absolute atomic E-state index is 0.108. The van der Waals surface area contributed by atoms with Gasteiger partial charge in [-0.25, -0.2) is 0 Å². The largest absolute Gasteiger partial charge is 0.494 e. The normalized spacial score (nSPS) is 11.8. The molecule has 17 heavy (non-hydrogen) atoms. The predicted molar refractivity (Wildman–Crippen MR) is 68.5 cm³/mol. The highest BCUT2D eigenvalue weighted by Gasteiger charge is 2.00. The van der Waals surface area contributed by atoms with Crippen LogP contribution >= 0.6 is 0 Å². The maximum absolute atomic E-state index is 8.51. The summed E-state index contributed by atoms with van der Waals surface area (Å²) in [6.45, 7) is 5.12. The molecule has 0 aromatic heterocycles. The van der Waals surface area contributed by atoms with Gasteiger partial charge in [-0.1, -0.05) is 19.0 Å². The average Bonchev–Trinajstić information content (AvgIpc) is 2.34. The molecule has 0 spiro atoms. The zero-order valence-corrected chi connectivity index (χ0v) is 10.4. The van der Waals surface area contributed by atoms with Crippen molar-refractivity contribution in [3.63, 3.8) is 0 Å². The number of rotatable bonds is 6. The molecule has 0 saturated carbocycles. The summed E-state index contributed by atoms with van der Waals surface area (Å²) in [4.78, 5) is 0. The summed E-state index contributed by atoms with van der Waals surface area (Å²) < 4.78 is 5.58. The topological polar surface area (TPSA) is 67.8 Å². The van der Waals surface area contributed by atoms with Crippen molar-refractivity contribution in [1.29, 1.82) is 0 Å². The Balaban J connectivity index is 2.41. The van der Waals surface area contributed by atoms with E-state index in [4.69, 9.17) is 15.7 Å². The molecule has 4 heteroatoms. The SMILES string of the molecule is CC(C)CCCOc1ccc(/C(N)=N/O)cc1. The third-order valence-corrected chi connectivity index (χ3v) is 2.45. The monoisotopic (exact) mass is 236 g/mol. The van der Waals surface area contributed by atoms with Gasteiger partial charge in [-0.2, -0.15) is 0 Å². The first kappa shape index (κ1) is 13.4. The summed E-state index contributed by atoms with van der Waals surface area (Å²) in [5.74, 6) is 1.63. The number of hydrogen-bond acceptors (Lipinski definition) is 3. The molecule has 1 aromatic rings. The van der Waals surface area contributed by atoms with Crippen LogP contribution in [0.15, 0.2) is 29.4 Å². The smallest absolute Gasteiger partial charge is 0.170 e. The van der Waals surface area contributed by atoms with Gasteiger partial charge in [0.1, 0.15) is 5.75 Å². The number of nitrogens with zero attached hydrogens (tertiary/aromatic N) is 1. The van der Waals surface area contributed by atoms with Crippen LogP contribution in [0.2, 0.25) is 0 Å². The molecule has 0 aliphatic carbocycles. The second-order valence-corrected chi connectivity index (χ2v) is 4.39. The Bertz CT molecular complexity index is 358. The van der Waals surface area contributed by atoms with E-state index >= 15 is 0 Å². The van der Waals surface area contributed by atoms with Crippen LogP contribution in [-0.2, 0) is 0 Å². The summed E-state index contributed by atoms with van der Waals surface area (Å²) in [6, 6.07) is 7.19. The van der Waals surface area contributed by atoms with Crippen LogP contribution in [0.4, 0.5) is 0 Å². The van der Waals surface area contributed by atoms with E-state index in [1.54, 1.807) is 12.1 Å². The third-order valence-electron chi connectivity index (χ3n) is 2.45. The number of benzene rings is 1. The summed E-state index contributed by atoms with van der Waals surface area (Å²) in [7, 11) is 0. The van der Waals surface area contributed by atoms with Gasteiger partial charge in [0, 0.05) is 5.56 Å². The minimum Gasteiger partial charge on any atom is -0.494 e. The first-order valence-electron chi connectivity index (χ1n) is 5.84. The lowest BCUT2D eigenvalue weighted by Gasteiger charge is -2.08. The molecule has 3 N–H and O–H groups in total. The molecule has 0 fully saturated rings. The van der Waals surface area contributed by atoms with Crippen molar-refractivity contribution >= 4 is 5.84 Å². The fourth-order valence-corrected chi connectivity index (χ4v) is 1.46. The highest BCUT2D eigenvalue weighted by atomic mass is 16.5.